The van der Waals surface area contributed by atoms with Gasteiger partial charge in [-0.1, -0.05) is 50.6 Å². The van der Waals surface area contributed by atoms with Gasteiger partial charge in [-0.2, -0.15) is 0 Å². The molecule has 0 bridgehead atoms. The van der Waals surface area contributed by atoms with Crippen LogP contribution in [0.4, 0.5) is 0 Å². The molecule has 1 N–H and O–H groups in total. The number of hydrogen-bond donors (Lipinski definition) is 1. The lowest BCUT2D eigenvalue weighted by atomic mass is 9.85. The van der Waals surface area contributed by atoms with E-state index in [9.17, 15) is 14.7 Å². The van der Waals surface area contributed by atoms with Crippen molar-refractivity contribution in [2.24, 2.45) is 5.92 Å². The molecule has 0 saturated carbocycles. The Morgan fingerprint density at radius 3 is 2.59 bits per heavy atom. The van der Waals surface area contributed by atoms with E-state index in [1.807, 2.05) is 44.2 Å². The first kappa shape index (κ1) is 18.7. The summed E-state index contributed by atoms with van der Waals surface area (Å²) in [4.78, 5) is 24.6. The fourth-order valence-corrected chi connectivity index (χ4v) is 3.17. The summed E-state index contributed by atoms with van der Waals surface area (Å²) in [5.41, 5.74) is 1.17. The normalized spacial score (nSPS) is 13.3. The fraction of sp³-hybridized carbons (Fsp3) is 0.273. The molecule has 0 saturated heterocycles. The lowest BCUT2D eigenvalue weighted by molar-refractivity contribution is -0.148. The van der Waals surface area contributed by atoms with Gasteiger partial charge in [-0.15, -0.1) is 0 Å². The zero-order valence-corrected chi connectivity index (χ0v) is 15.3. The molecule has 0 aliphatic carbocycles. The predicted molar refractivity (Wildman–Crippen MR) is 103 cm³/mol. The Hall–Kier alpha value is -3.08. The highest BCUT2D eigenvalue weighted by Gasteiger charge is 2.27. The minimum atomic E-state index is -0.555. The van der Waals surface area contributed by atoms with Crippen molar-refractivity contribution in [3.05, 3.63) is 76.1 Å². The summed E-state index contributed by atoms with van der Waals surface area (Å²) >= 11 is 0. The lowest BCUT2D eigenvalue weighted by Crippen LogP contribution is -2.22. The van der Waals surface area contributed by atoms with E-state index in [1.54, 1.807) is 6.07 Å². The Morgan fingerprint density at radius 2 is 1.89 bits per heavy atom. The van der Waals surface area contributed by atoms with Crippen molar-refractivity contribution < 1.29 is 19.1 Å². The van der Waals surface area contributed by atoms with Gasteiger partial charge in [0.2, 0.25) is 0 Å². The number of phenols is 1. The molecule has 140 valence electrons. The van der Waals surface area contributed by atoms with E-state index in [1.165, 1.54) is 18.2 Å². The van der Waals surface area contributed by atoms with Crippen molar-refractivity contribution in [1.82, 2.24) is 0 Å². The Bertz CT molecular complexity index is 991. The zero-order chi connectivity index (χ0) is 19.4. The maximum atomic E-state index is 12.8. The number of benzene rings is 2. The Labute approximate surface area is 157 Å². The van der Waals surface area contributed by atoms with Crippen LogP contribution in [0.25, 0.3) is 11.0 Å². The Kier molecular flexibility index (Phi) is 5.60. The minimum Gasteiger partial charge on any atom is -0.508 e. The number of phenolic OH excluding ortho intramolecular Hbond substituents is 1. The van der Waals surface area contributed by atoms with E-state index in [-0.39, 0.29) is 35.7 Å². The number of ether oxygens (including phenoxy) is 1. The first-order valence-electron chi connectivity index (χ1n) is 8.97. The molecule has 0 fully saturated rings. The van der Waals surface area contributed by atoms with Gasteiger partial charge >= 0.3 is 11.6 Å². The van der Waals surface area contributed by atoms with E-state index in [0.29, 0.717) is 10.9 Å². The lowest BCUT2D eigenvalue weighted by Gasteiger charge is -2.22. The van der Waals surface area contributed by atoms with Crippen molar-refractivity contribution in [1.29, 1.82) is 0 Å². The monoisotopic (exact) mass is 366 g/mol. The molecular formula is C22H22O5. The van der Waals surface area contributed by atoms with E-state index >= 15 is 0 Å². The minimum absolute atomic E-state index is 0.000655. The summed E-state index contributed by atoms with van der Waals surface area (Å²) < 4.78 is 10.7. The van der Waals surface area contributed by atoms with Crippen molar-refractivity contribution >= 4 is 16.9 Å². The molecule has 0 aliphatic rings. The second-order valence-electron chi connectivity index (χ2n) is 6.65. The molecule has 1 aromatic heterocycles. The van der Waals surface area contributed by atoms with E-state index in [2.05, 4.69) is 0 Å². The molecule has 2 atom stereocenters. The smallest absolute Gasteiger partial charge is 0.336 e. The average molecular weight is 366 g/mol. The van der Waals surface area contributed by atoms with E-state index in [4.69, 9.17) is 9.15 Å². The molecule has 0 radical (unpaired) electrons. The number of esters is 1. The summed E-state index contributed by atoms with van der Waals surface area (Å²) in [7, 11) is 0. The van der Waals surface area contributed by atoms with Crippen molar-refractivity contribution in [3.8, 4) is 5.75 Å². The number of carbonyl (C=O) groups excluding carboxylic acids is 1. The number of carbonyl (C=O) groups is 1. The second-order valence-corrected chi connectivity index (χ2v) is 6.65. The van der Waals surface area contributed by atoms with Crippen LogP contribution in [-0.2, 0) is 16.1 Å². The van der Waals surface area contributed by atoms with E-state index < -0.39 is 5.63 Å². The van der Waals surface area contributed by atoms with Crippen LogP contribution in [-0.4, -0.2) is 11.1 Å². The molecule has 2 aromatic carbocycles. The first-order valence-corrected chi connectivity index (χ1v) is 8.97. The molecule has 0 aliphatic heterocycles. The Balaban J connectivity index is 1.86. The number of hydrogen-bond acceptors (Lipinski definition) is 5. The molecule has 3 aromatic rings. The van der Waals surface area contributed by atoms with Gasteiger partial charge in [-0.25, -0.2) is 4.79 Å². The van der Waals surface area contributed by atoms with Crippen molar-refractivity contribution in [2.45, 2.75) is 32.8 Å². The molecule has 5 heteroatoms. The second kappa shape index (κ2) is 8.08. The third-order valence-corrected chi connectivity index (χ3v) is 4.81. The highest BCUT2D eigenvalue weighted by Crippen LogP contribution is 2.29. The summed E-state index contributed by atoms with van der Waals surface area (Å²) in [6.07, 6.45) is 0.839. The van der Waals surface area contributed by atoms with Gasteiger partial charge < -0.3 is 14.3 Å². The van der Waals surface area contributed by atoms with Crippen LogP contribution < -0.4 is 5.63 Å². The van der Waals surface area contributed by atoms with Crippen LogP contribution in [0, 0.1) is 5.92 Å². The van der Waals surface area contributed by atoms with Gasteiger partial charge in [-0.05, 0) is 23.6 Å². The molecular weight excluding hydrogens is 344 g/mol. The standard InChI is InChI=1S/C22H22O5/c1-3-14(2)21(15-7-5-4-6-8-15)22(25)26-13-16-11-20(24)27-19-12-17(23)9-10-18(16)19/h4-12,14,21,23H,3,13H2,1-2H3/t14-,21+/m1/s1. The topological polar surface area (TPSA) is 76.7 Å². The number of aromatic hydroxyl groups is 1. The summed E-state index contributed by atoms with van der Waals surface area (Å²) in [5, 5.41) is 10.2. The highest BCUT2D eigenvalue weighted by molar-refractivity contribution is 5.82. The SMILES string of the molecule is CC[C@@H](C)[C@H](C(=O)OCc1cc(=O)oc2cc(O)ccc12)c1ccccc1. The average Bonchev–Trinajstić information content (AvgIpc) is 2.66. The Morgan fingerprint density at radius 1 is 1.15 bits per heavy atom. The maximum Gasteiger partial charge on any atom is 0.336 e. The van der Waals surface area contributed by atoms with Gasteiger partial charge in [0.05, 0.1) is 5.92 Å². The van der Waals surface area contributed by atoms with Gasteiger partial charge in [0.25, 0.3) is 0 Å². The first-order chi connectivity index (χ1) is 13.0. The molecule has 27 heavy (non-hydrogen) atoms. The number of rotatable bonds is 6. The largest absolute Gasteiger partial charge is 0.508 e. The molecule has 0 spiro atoms. The maximum absolute atomic E-state index is 12.8. The van der Waals surface area contributed by atoms with Crippen LogP contribution >= 0.6 is 0 Å². The van der Waals surface area contributed by atoms with Crippen LogP contribution in [0.15, 0.2) is 63.8 Å². The quantitative estimate of drug-likeness (QED) is 0.518. The van der Waals surface area contributed by atoms with Crippen LogP contribution in [0.1, 0.15) is 37.3 Å². The summed E-state index contributed by atoms with van der Waals surface area (Å²) in [6.45, 7) is 4.02. The predicted octanol–water partition coefficient (Wildman–Crippen LogP) is 4.37. The van der Waals surface area contributed by atoms with Gasteiger partial charge in [0, 0.05) is 23.1 Å². The number of fused-ring (bicyclic) bond motifs is 1. The highest BCUT2D eigenvalue weighted by atomic mass is 16.5. The molecule has 0 unspecified atom stereocenters. The fourth-order valence-electron chi connectivity index (χ4n) is 3.17. The summed E-state index contributed by atoms with van der Waals surface area (Å²) in [6, 6.07) is 15.4. The van der Waals surface area contributed by atoms with Gasteiger partial charge in [0.15, 0.2) is 0 Å². The van der Waals surface area contributed by atoms with Crippen molar-refractivity contribution in [3.63, 3.8) is 0 Å². The van der Waals surface area contributed by atoms with Crippen LogP contribution in [0.3, 0.4) is 0 Å². The molecule has 0 amide bonds. The molecule has 3 rings (SSSR count). The molecule has 5 nitrogen and oxygen atoms in total. The molecule has 1 heterocycles. The van der Waals surface area contributed by atoms with Gasteiger partial charge in [0.1, 0.15) is 17.9 Å². The van der Waals surface area contributed by atoms with Crippen LogP contribution in [0.5, 0.6) is 5.75 Å². The third kappa shape index (κ3) is 4.19. The van der Waals surface area contributed by atoms with Crippen molar-refractivity contribution in [2.75, 3.05) is 0 Å². The van der Waals surface area contributed by atoms with E-state index in [0.717, 1.165) is 12.0 Å². The zero-order valence-electron chi connectivity index (χ0n) is 15.3. The van der Waals surface area contributed by atoms with Crippen LogP contribution in [0.2, 0.25) is 0 Å². The summed E-state index contributed by atoms with van der Waals surface area (Å²) in [5.74, 6) is -0.572. The third-order valence-electron chi connectivity index (χ3n) is 4.81. The van der Waals surface area contributed by atoms with Gasteiger partial charge in [-0.3, -0.25) is 4.79 Å².